The van der Waals surface area contributed by atoms with Gasteiger partial charge in [-0.2, -0.15) is 0 Å². The molecule has 0 amide bonds. The van der Waals surface area contributed by atoms with Crippen LogP contribution < -0.4 is 0 Å². The highest BCUT2D eigenvalue weighted by atomic mass is 32.3. The molecule has 0 radical (unpaired) electrons. The lowest BCUT2D eigenvalue weighted by Gasteiger charge is -2.41. The lowest BCUT2D eigenvalue weighted by molar-refractivity contribution is 0.366. The summed E-state index contributed by atoms with van der Waals surface area (Å²) in [6, 6.07) is 0. The van der Waals surface area contributed by atoms with Gasteiger partial charge in [0.2, 0.25) is 0 Å². The standard InChI is InChI=1S/C14H32S/c1-8-13(5)15(6,7)11-12(4)14(9-2)10-3/h12-14H,8-11H2,1-7H3. The van der Waals surface area contributed by atoms with E-state index < -0.39 is 0 Å². The maximum absolute atomic E-state index is 2.53. The van der Waals surface area contributed by atoms with E-state index in [1.165, 1.54) is 25.0 Å². The molecule has 94 valence electrons. The van der Waals surface area contributed by atoms with Crippen molar-refractivity contribution in [1.82, 2.24) is 0 Å². The predicted molar refractivity (Wildman–Crippen MR) is 77.3 cm³/mol. The molecule has 0 saturated heterocycles. The molecule has 0 saturated carbocycles. The first-order chi connectivity index (χ1) is 6.88. The van der Waals surface area contributed by atoms with E-state index in [0.717, 1.165) is 17.1 Å². The van der Waals surface area contributed by atoms with Gasteiger partial charge in [0.1, 0.15) is 0 Å². The van der Waals surface area contributed by atoms with Crippen LogP contribution in [0, 0.1) is 11.8 Å². The van der Waals surface area contributed by atoms with Crippen molar-refractivity contribution in [3.8, 4) is 0 Å². The van der Waals surface area contributed by atoms with Crippen LogP contribution in [0.5, 0.6) is 0 Å². The Morgan fingerprint density at radius 1 is 0.867 bits per heavy atom. The topological polar surface area (TPSA) is 0 Å². The third kappa shape index (κ3) is 4.80. The van der Waals surface area contributed by atoms with Crippen molar-refractivity contribution in [2.75, 3.05) is 18.3 Å². The van der Waals surface area contributed by atoms with Gasteiger partial charge in [0, 0.05) is 0 Å². The third-order valence-corrected chi connectivity index (χ3v) is 8.11. The van der Waals surface area contributed by atoms with Crippen LogP contribution in [-0.4, -0.2) is 23.5 Å². The van der Waals surface area contributed by atoms with Crippen molar-refractivity contribution in [2.24, 2.45) is 11.8 Å². The molecule has 2 atom stereocenters. The van der Waals surface area contributed by atoms with Crippen LogP contribution >= 0.6 is 10.0 Å². The summed E-state index contributed by atoms with van der Waals surface area (Å²) in [6.45, 7) is 11.9. The Bertz CT molecular complexity index is 159. The highest BCUT2D eigenvalue weighted by molar-refractivity contribution is 8.33. The number of rotatable bonds is 7. The summed E-state index contributed by atoms with van der Waals surface area (Å²) >= 11 is 0. The van der Waals surface area contributed by atoms with Crippen LogP contribution in [0.3, 0.4) is 0 Å². The van der Waals surface area contributed by atoms with Crippen LogP contribution in [-0.2, 0) is 0 Å². The van der Waals surface area contributed by atoms with Crippen molar-refractivity contribution in [3.63, 3.8) is 0 Å². The second-order valence-electron chi connectivity index (χ2n) is 5.56. The maximum atomic E-state index is 2.53. The minimum atomic E-state index is -0.375. The molecule has 0 aliphatic rings. The normalized spacial score (nSPS) is 17.9. The van der Waals surface area contributed by atoms with Crippen LogP contribution in [0.15, 0.2) is 0 Å². The minimum absolute atomic E-state index is 0.375. The second kappa shape index (κ2) is 6.83. The van der Waals surface area contributed by atoms with Gasteiger partial charge in [0.25, 0.3) is 0 Å². The highest BCUT2D eigenvalue weighted by Crippen LogP contribution is 2.49. The molecule has 2 unspecified atom stereocenters. The first-order valence-electron chi connectivity index (χ1n) is 6.58. The van der Waals surface area contributed by atoms with Crippen LogP contribution in [0.1, 0.15) is 53.9 Å². The fraction of sp³-hybridized carbons (Fsp3) is 1.00. The fourth-order valence-electron chi connectivity index (χ4n) is 2.52. The molecule has 0 bridgehead atoms. The Labute approximate surface area is 99.5 Å². The molecule has 0 rings (SSSR count). The molecule has 0 spiro atoms. The lowest BCUT2D eigenvalue weighted by atomic mass is 9.91. The molecule has 0 nitrogen and oxygen atoms in total. The van der Waals surface area contributed by atoms with E-state index in [2.05, 4.69) is 47.1 Å². The fourth-order valence-corrected chi connectivity index (χ4v) is 5.38. The molecule has 0 aliphatic carbocycles. The molecular weight excluding hydrogens is 200 g/mol. The van der Waals surface area contributed by atoms with Gasteiger partial charge in [-0.05, 0) is 41.8 Å². The van der Waals surface area contributed by atoms with E-state index in [0.29, 0.717) is 0 Å². The Kier molecular flexibility index (Phi) is 6.99. The average Bonchev–Trinajstić information content (AvgIpc) is 2.17. The smallest absolute Gasteiger partial charge is 0.0148 e. The van der Waals surface area contributed by atoms with Crippen LogP contribution in [0.25, 0.3) is 0 Å². The van der Waals surface area contributed by atoms with Gasteiger partial charge in [0.15, 0.2) is 0 Å². The van der Waals surface area contributed by atoms with Crippen LogP contribution in [0.4, 0.5) is 0 Å². The summed E-state index contributed by atoms with van der Waals surface area (Å²) in [5.74, 6) is 3.33. The minimum Gasteiger partial charge on any atom is -0.244 e. The molecule has 15 heavy (non-hydrogen) atoms. The van der Waals surface area contributed by atoms with Crippen molar-refractivity contribution < 1.29 is 0 Å². The van der Waals surface area contributed by atoms with Gasteiger partial charge < -0.3 is 0 Å². The molecule has 0 aromatic carbocycles. The van der Waals surface area contributed by atoms with Gasteiger partial charge in [0.05, 0.1) is 0 Å². The van der Waals surface area contributed by atoms with E-state index in [4.69, 9.17) is 0 Å². The van der Waals surface area contributed by atoms with Gasteiger partial charge in [-0.15, -0.1) is 0 Å². The Hall–Kier alpha value is 0.350. The third-order valence-electron chi connectivity index (χ3n) is 4.21. The Morgan fingerprint density at radius 2 is 1.33 bits per heavy atom. The maximum Gasteiger partial charge on any atom is -0.0148 e. The monoisotopic (exact) mass is 232 g/mol. The van der Waals surface area contributed by atoms with E-state index in [1.54, 1.807) is 0 Å². The van der Waals surface area contributed by atoms with Crippen molar-refractivity contribution in [3.05, 3.63) is 0 Å². The van der Waals surface area contributed by atoms with Crippen LogP contribution in [0.2, 0.25) is 0 Å². The molecular formula is C14H32S. The number of hydrogen-bond acceptors (Lipinski definition) is 0. The highest BCUT2D eigenvalue weighted by Gasteiger charge is 2.24. The van der Waals surface area contributed by atoms with Gasteiger partial charge in [-0.3, -0.25) is 0 Å². The SMILES string of the molecule is CCC(CC)C(C)CS(C)(C)C(C)CC. The van der Waals surface area contributed by atoms with Crippen molar-refractivity contribution in [1.29, 1.82) is 0 Å². The zero-order valence-electron chi connectivity index (χ0n) is 12.0. The molecule has 0 aliphatic heterocycles. The zero-order valence-corrected chi connectivity index (χ0v) is 12.8. The summed E-state index contributed by atoms with van der Waals surface area (Å²) in [5.41, 5.74) is 0. The largest absolute Gasteiger partial charge is 0.244 e. The van der Waals surface area contributed by atoms with Gasteiger partial charge in [-0.25, -0.2) is 10.0 Å². The molecule has 0 N–H and O–H groups in total. The average molecular weight is 232 g/mol. The summed E-state index contributed by atoms with van der Waals surface area (Å²) in [4.78, 5) is 0. The summed E-state index contributed by atoms with van der Waals surface area (Å²) in [6.07, 6.45) is 9.11. The predicted octanol–water partition coefficient (Wildman–Crippen LogP) is 4.92. The summed E-state index contributed by atoms with van der Waals surface area (Å²) in [7, 11) is -0.375. The molecule has 0 aromatic rings. The van der Waals surface area contributed by atoms with E-state index >= 15 is 0 Å². The Morgan fingerprint density at radius 3 is 1.67 bits per heavy atom. The van der Waals surface area contributed by atoms with E-state index in [-0.39, 0.29) is 10.0 Å². The van der Waals surface area contributed by atoms with Crippen molar-refractivity contribution >= 4 is 10.0 Å². The molecule has 0 aromatic heterocycles. The Balaban J connectivity index is 4.31. The zero-order chi connectivity index (χ0) is 12.1. The second-order valence-corrected chi connectivity index (χ2v) is 9.95. The van der Waals surface area contributed by atoms with Gasteiger partial charge >= 0.3 is 0 Å². The molecule has 1 heteroatoms. The first-order valence-corrected chi connectivity index (χ1v) is 9.26. The van der Waals surface area contributed by atoms with E-state index in [1.807, 2.05) is 0 Å². The van der Waals surface area contributed by atoms with Crippen molar-refractivity contribution in [2.45, 2.75) is 59.1 Å². The first kappa shape index (κ1) is 15.3. The van der Waals surface area contributed by atoms with Gasteiger partial charge in [-0.1, -0.05) is 47.5 Å². The summed E-state index contributed by atoms with van der Waals surface area (Å²) < 4.78 is 0. The lowest BCUT2D eigenvalue weighted by Crippen LogP contribution is -2.23. The quantitative estimate of drug-likeness (QED) is 0.584. The molecule has 0 fully saturated rings. The van der Waals surface area contributed by atoms with E-state index in [9.17, 15) is 0 Å². The summed E-state index contributed by atoms with van der Waals surface area (Å²) in [5, 5.41) is 0.925. The number of hydrogen-bond donors (Lipinski definition) is 0. The molecule has 0 heterocycles.